The monoisotopic (exact) mass is 489 g/mol. The minimum Gasteiger partial charge on any atom is -0.495 e. The van der Waals surface area contributed by atoms with Crippen molar-refractivity contribution in [3.8, 4) is 17.2 Å². The van der Waals surface area contributed by atoms with Gasteiger partial charge in [-0.05, 0) is 30.3 Å². The summed E-state index contributed by atoms with van der Waals surface area (Å²) < 4.78 is 31.7. The molecule has 1 saturated heterocycles. The van der Waals surface area contributed by atoms with Gasteiger partial charge in [0.25, 0.3) is 0 Å². The number of amides is 1. The van der Waals surface area contributed by atoms with E-state index in [9.17, 15) is 9.00 Å². The lowest BCUT2D eigenvalue weighted by atomic mass is 10.2. The van der Waals surface area contributed by atoms with Crippen LogP contribution in [0.15, 0.2) is 41.3 Å². The standard InChI is InChI=1S/C24H31N3O6S/c1-5-24(28)26-11-10-19(16-26)33-18-7-9-21-20(15-18)27(12-13-32-21)17-6-8-22(30-3)23(14-17)34(29)25(2)31-4/h6-9,14-15,19H,5,10-13,16H2,1-4H3. The van der Waals surface area contributed by atoms with Crippen molar-refractivity contribution in [2.24, 2.45) is 0 Å². The zero-order valence-electron chi connectivity index (χ0n) is 20.0. The lowest BCUT2D eigenvalue weighted by Gasteiger charge is -2.32. The molecule has 1 amide bonds. The highest BCUT2D eigenvalue weighted by atomic mass is 32.2. The number of methoxy groups -OCH3 is 1. The van der Waals surface area contributed by atoms with Gasteiger partial charge in [-0.2, -0.15) is 0 Å². The third kappa shape index (κ3) is 4.98. The summed E-state index contributed by atoms with van der Waals surface area (Å²) in [4.78, 5) is 21.6. The third-order valence-electron chi connectivity index (χ3n) is 6.03. The van der Waals surface area contributed by atoms with E-state index >= 15 is 0 Å². The molecule has 34 heavy (non-hydrogen) atoms. The molecule has 4 rings (SSSR count). The van der Waals surface area contributed by atoms with Gasteiger partial charge in [0.05, 0.1) is 33.0 Å². The zero-order chi connectivity index (χ0) is 24.2. The van der Waals surface area contributed by atoms with Crippen LogP contribution in [0.25, 0.3) is 0 Å². The van der Waals surface area contributed by atoms with E-state index in [1.54, 1.807) is 20.2 Å². The van der Waals surface area contributed by atoms with Gasteiger partial charge in [0, 0.05) is 38.2 Å². The molecular weight excluding hydrogens is 458 g/mol. The van der Waals surface area contributed by atoms with Crippen molar-refractivity contribution >= 4 is 28.3 Å². The summed E-state index contributed by atoms with van der Waals surface area (Å²) in [7, 11) is 3.07. The van der Waals surface area contributed by atoms with E-state index in [2.05, 4.69) is 4.90 Å². The molecule has 0 N–H and O–H groups in total. The summed E-state index contributed by atoms with van der Waals surface area (Å²) in [5.41, 5.74) is 1.72. The Hall–Kier alpha value is -2.82. The van der Waals surface area contributed by atoms with Gasteiger partial charge in [0.2, 0.25) is 5.91 Å². The molecule has 1 fully saturated rings. The number of rotatable bonds is 8. The number of carbonyl (C=O) groups is 1. The SMILES string of the molecule is CCC(=O)N1CCC(Oc2ccc3c(c2)N(c2ccc(OC)c(S(=O)N(C)OC)c2)CCO3)C1. The van der Waals surface area contributed by atoms with E-state index in [-0.39, 0.29) is 12.0 Å². The molecule has 2 atom stereocenters. The van der Waals surface area contributed by atoms with Crippen molar-refractivity contribution in [3.63, 3.8) is 0 Å². The van der Waals surface area contributed by atoms with Crippen molar-refractivity contribution in [3.05, 3.63) is 36.4 Å². The molecular formula is C24H31N3O6S. The molecule has 2 aromatic carbocycles. The largest absolute Gasteiger partial charge is 0.495 e. The Labute approximate surface area is 202 Å². The predicted octanol–water partition coefficient (Wildman–Crippen LogP) is 3.13. The predicted molar refractivity (Wildman–Crippen MR) is 129 cm³/mol. The van der Waals surface area contributed by atoms with Gasteiger partial charge in [0.15, 0.2) is 11.0 Å². The second kappa shape index (κ2) is 10.6. The van der Waals surface area contributed by atoms with Crippen LogP contribution in [-0.2, 0) is 20.6 Å². The van der Waals surface area contributed by atoms with Gasteiger partial charge in [-0.25, -0.2) is 4.21 Å². The van der Waals surface area contributed by atoms with Crippen LogP contribution < -0.4 is 19.1 Å². The second-order valence-corrected chi connectivity index (χ2v) is 9.51. The number of carbonyl (C=O) groups excluding carboxylic acids is 1. The average molecular weight is 490 g/mol. The minimum absolute atomic E-state index is 0.0360. The first-order chi connectivity index (χ1) is 16.4. The molecule has 0 aromatic heterocycles. The smallest absolute Gasteiger partial charge is 0.222 e. The van der Waals surface area contributed by atoms with E-state index in [1.807, 2.05) is 42.2 Å². The number of ether oxygens (including phenoxy) is 3. The zero-order valence-corrected chi connectivity index (χ0v) is 20.8. The molecule has 0 radical (unpaired) electrons. The van der Waals surface area contributed by atoms with E-state index in [0.717, 1.165) is 35.8 Å². The van der Waals surface area contributed by atoms with Gasteiger partial charge in [0.1, 0.15) is 34.9 Å². The lowest BCUT2D eigenvalue weighted by Crippen LogP contribution is -2.30. The summed E-state index contributed by atoms with van der Waals surface area (Å²) in [6, 6.07) is 11.3. The normalized spacial score (nSPS) is 18.4. The third-order valence-corrected chi connectivity index (χ3v) is 7.35. The van der Waals surface area contributed by atoms with Gasteiger partial charge in [-0.15, -0.1) is 4.47 Å². The summed E-state index contributed by atoms with van der Waals surface area (Å²) in [5, 5.41) is 0. The first kappa shape index (κ1) is 24.3. The van der Waals surface area contributed by atoms with Crippen molar-refractivity contribution in [2.45, 2.75) is 30.8 Å². The van der Waals surface area contributed by atoms with E-state index < -0.39 is 11.0 Å². The maximum atomic E-state index is 12.9. The van der Waals surface area contributed by atoms with Crippen molar-refractivity contribution in [2.75, 3.05) is 52.4 Å². The van der Waals surface area contributed by atoms with Gasteiger partial charge in [-0.3, -0.25) is 9.63 Å². The number of hydrogen-bond acceptors (Lipinski definition) is 7. The number of anilines is 2. The molecule has 9 nitrogen and oxygen atoms in total. The highest BCUT2D eigenvalue weighted by Crippen LogP contribution is 2.41. The Morgan fingerprint density at radius 3 is 2.76 bits per heavy atom. The molecule has 0 aliphatic carbocycles. The van der Waals surface area contributed by atoms with Crippen LogP contribution in [0, 0.1) is 0 Å². The van der Waals surface area contributed by atoms with Crippen molar-refractivity contribution in [1.29, 1.82) is 0 Å². The molecule has 2 aliphatic heterocycles. The van der Waals surface area contributed by atoms with E-state index in [0.29, 0.717) is 36.8 Å². The average Bonchev–Trinajstić information content (AvgIpc) is 3.35. The Morgan fingerprint density at radius 1 is 1.21 bits per heavy atom. The number of hydroxylamine groups is 1. The van der Waals surface area contributed by atoms with Gasteiger partial charge in [-0.1, -0.05) is 6.92 Å². The highest BCUT2D eigenvalue weighted by molar-refractivity contribution is 7.82. The Kier molecular flexibility index (Phi) is 7.60. The minimum atomic E-state index is -1.56. The number of fused-ring (bicyclic) bond motifs is 1. The number of benzene rings is 2. The number of hydrogen-bond donors (Lipinski definition) is 0. The summed E-state index contributed by atoms with van der Waals surface area (Å²) in [5.74, 6) is 2.15. The first-order valence-electron chi connectivity index (χ1n) is 11.3. The van der Waals surface area contributed by atoms with Crippen LogP contribution in [0.5, 0.6) is 17.2 Å². The van der Waals surface area contributed by atoms with Crippen LogP contribution in [-0.4, -0.2) is 73.1 Å². The lowest BCUT2D eigenvalue weighted by molar-refractivity contribution is -0.130. The van der Waals surface area contributed by atoms with E-state index in [1.165, 1.54) is 11.6 Å². The number of nitrogens with zero attached hydrogens (tertiary/aromatic N) is 3. The summed E-state index contributed by atoms with van der Waals surface area (Å²) in [6.07, 6.45) is 1.28. The molecule has 184 valence electrons. The van der Waals surface area contributed by atoms with Crippen molar-refractivity contribution in [1.82, 2.24) is 9.37 Å². The Bertz CT molecular complexity index is 1060. The Morgan fingerprint density at radius 2 is 2.03 bits per heavy atom. The van der Waals surface area contributed by atoms with Crippen LogP contribution >= 0.6 is 0 Å². The molecule has 2 heterocycles. The first-order valence-corrected chi connectivity index (χ1v) is 12.4. The Balaban J connectivity index is 1.59. The van der Waals surface area contributed by atoms with Gasteiger partial charge >= 0.3 is 0 Å². The van der Waals surface area contributed by atoms with Crippen LogP contribution in [0.4, 0.5) is 11.4 Å². The summed E-state index contributed by atoms with van der Waals surface area (Å²) in [6.45, 7) is 4.34. The quantitative estimate of drug-likeness (QED) is 0.527. The maximum Gasteiger partial charge on any atom is 0.222 e. The molecule has 0 spiro atoms. The molecule has 2 aliphatic rings. The number of likely N-dealkylation sites (tertiary alicyclic amines) is 1. The fourth-order valence-electron chi connectivity index (χ4n) is 4.18. The fraction of sp³-hybridized carbons (Fsp3) is 0.458. The van der Waals surface area contributed by atoms with Crippen LogP contribution in [0.1, 0.15) is 19.8 Å². The molecule has 2 unspecified atom stereocenters. The van der Waals surface area contributed by atoms with Crippen LogP contribution in [0.3, 0.4) is 0 Å². The fourth-order valence-corrected chi connectivity index (χ4v) is 5.14. The van der Waals surface area contributed by atoms with Crippen LogP contribution in [0.2, 0.25) is 0 Å². The topological polar surface area (TPSA) is 80.8 Å². The van der Waals surface area contributed by atoms with E-state index in [4.69, 9.17) is 19.0 Å². The molecule has 2 aromatic rings. The molecule has 0 bridgehead atoms. The molecule has 0 saturated carbocycles. The van der Waals surface area contributed by atoms with Gasteiger partial charge < -0.3 is 24.0 Å². The maximum absolute atomic E-state index is 12.9. The second-order valence-electron chi connectivity index (χ2n) is 8.06. The highest BCUT2D eigenvalue weighted by Gasteiger charge is 2.28. The van der Waals surface area contributed by atoms with Crippen molar-refractivity contribution < 1.29 is 28.1 Å². The summed E-state index contributed by atoms with van der Waals surface area (Å²) >= 11 is 0. The molecule has 10 heteroatoms.